The van der Waals surface area contributed by atoms with Gasteiger partial charge < -0.3 is 10.8 Å². The first kappa shape index (κ1) is 10.8. The molecule has 1 aromatic rings. The minimum atomic E-state index is -0.644. The zero-order valence-corrected chi connectivity index (χ0v) is 5.52. The average Bonchev–Trinajstić information content (AvgIpc) is 1.94. The second-order valence-electron chi connectivity index (χ2n) is 1.97. The van der Waals surface area contributed by atoms with Crippen molar-refractivity contribution in [2.45, 2.75) is 0 Å². The summed E-state index contributed by atoms with van der Waals surface area (Å²) >= 11 is 0. The molecule has 3 N–H and O–H groups in total. The van der Waals surface area contributed by atoms with E-state index in [1.54, 1.807) is 0 Å². The SMILES string of the molecule is Nc1c(O)cccc1[N+](=O)[O-].[LiH]. The third kappa shape index (κ3) is 1.91. The number of rotatable bonds is 1. The summed E-state index contributed by atoms with van der Waals surface area (Å²) in [6.45, 7) is 0. The predicted molar refractivity (Wildman–Crippen MR) is 46.3 cm³/mol. The average molecular weight is 162 g/mol. The van der Waals surface area contributed by atoms with E-state index in [0.29, 0.717) is 0 Å². The van der Waals surface area contributed by atoms with Crippen LogP contribution in [0, 0.1) is 10.1 Å². The van der Waals surface area contributed by atoms with Crippen molar-refractivity contribution in [2.75, 3.05) is 5.73 Å². The molecule has 0 saturated carbocycles. The molecular formula is C6H7LiN2O3. The molecule has 12 heavy (non-hydrogen) atoms. The van der Waals surface area contributed by atoms with Crippen LogP contribution >= 0.6 is 0 Å². The number of nitrogen functional groups attached to an aromatic ring is 1. The number of phenols is 1. The van der Waals surface area contributed by atoms with Crippen LogP contribution in [0.25, 0.3) is 0 Å². The van der Waals surface area contributed by atoms with Gasteiger partial charge in [0.2, 0.25) is 0 Å². The van der Waals surface area contributed by atoms with Gasteiger partial charge in [0.15, 0.2) is 5.69 Å². The number of nitro groups is 1. The molecule has 6 heteroatoms. The number of hydrogen-bond acceptors (Lipinski definition) is 4. The molecule has 0 aromatic heterocycles. The van der Waals surface area contributed by atoms with Crippen molar-refractivity contribution in [1.29, 1.82) is 0 Å². The van der Waals surface area contributed by atoms with Crippen LogP contribution < -0.4 is 5.73 Å². The van der Waals surface area contributed by atoms with Crippen LogP contribution in [-0.4, -0.2) is 28.9 Å². The van der Waals surface area contributed by atoms with Gasteiger partial charge in [-0.1, -0.05) is 6.07 Å². The van der Waals surface area contributed by atoms with Crippen molar-refractivity contribution < 1.29 is 10.0 Å². The first-order valence-corrected chi connectivity index (χ1v) is 2.85. The van der Waals surface area contributed by atoms with E-state index in [-0.39, 0.29) is 36.0 Å². The van der Waals surface area contributed by atoms with Gasteiger partial charge in [-0.2, -0.15) is 0 Å². The monoisotopic (exact) mass is 162 g/mol. The van der Waals surface area contributed by atoms with E-state index in [1.165, 1.54) is 18.2 Å². The molecule has 0 aliphatic heterocycles. The quantitative estimate of drug-likeness (QED) is 0.203. The van der Waals surface area contributed by atoms with Crippen molar-refractivity contribution in [1.82, 2.24) is 0 Å². The van der Waals surface area contributed by atoms with Crippen molar-refractivity contribution in [3.05, 3.63) is 28.3 Å². The standard InChI is InChI=1S/C6H6N2O3.Li.H/c7-6-4(8(10)11)2-1-3-5(6)9;;/h1-3,9H,7H2;;. The number of hydrogen-bond donors (Lipinski definition) is 2. The number of nitro benzene ring substituents is 1. The van der Waals surface area contributed by atoms with Gasteiger partial charge >= 0.3 is 18.9 Å². The number of nitrogens with zero attached hydrogens (tertiary/aromatic N) is 1. The maximum absolute atomic E-state index is 10.2. The second-order valence-corrected chi connectivity index (χ2v) is 1.97. The first-order valence-electron chi connectivity index (χ1n) is 2.85. The summed E-state index contributed by atoms with van der Waals surface area (Å²) in [5, 5.41) is 19.1. The molecule has 0 aliphatic rings. The molecule has 0 aliphatic carbocycles. The Balaban J connectivity index is 0.00000121. The Morgan fingerprint density at radius 1 is 1.50 bits per heavy atom. The number of anilines is 1. The molecule has 1 aromatic carbocycles. The summed E-state index contributed by atoms with van der Waals surface area (Å²) in [4.78, 5) is 9.54. The third-order valence-electron chi connectivity index (χ3n) is 1.26. The molecule has 0 fully saturated rings. The van der Waals surface area contributed by atoms with E-state index in [4.69, 9.17) is 10.8 Å². The van der Waals surface area contributed by atoms with Crippen LogP contribution in [0.5, 0.6) is 5.75 Å². The van der Waals surface area contributed by atoms with Crippen LogP contribution in [-0.2, 0) is 0 Å². The second kappa shape index (κ2) is 4.00. The fourth-order valence-corrected chi connectivity index (χ4v) is 0.700. The summed E-state index contributed by atoms with van der Waals surface area (Å²) < 4.78 is 0. The molecule has 0 amide bonds. The Bertz CT molecular complexity index is 303. The Morgan fingerprint density at radius 2 is 2.08 bits per heavy atom. The summed E-state index contributed by atoms with van der Waals surface area (Å²) in [7, 11) is 0. The molecule has 0 radical (unpaired) electrons. The number of para-hydroxylation sites is 1. The van der Waals surface area contributed by atoms with Crippen LogP contribution in [0.1, 0.15) is 0 Å². The Labute approximate surface area is 80.5 Å². The summed E-state index contributed by atoms with van der Waals surface area (Å²) in [5.74, 6) is -0.265. The summed E-state index contributed by atoms with van der Waals surface area (Å²) in [6, 6.07) is 3.89. The van der Waals surface area contributed by atoms with Crippen LogP contribution in [0.3, 0.4) is 0 Å². The van der Waals surface area contributed by atoms with E-state index in [2.05, 4.69) is 0 Å². The molecule has 1 rings (SSSR count). The van der Waals surface area contributed by atoms with Gasteiger partial charge in [0.25, 0.3) is 5.69 Å². The van der Waals surface area contributed by atoms with E-state index in [9.17, 15) is 10.1 Å². The van der Waals surface area contributed by atoms with Gasteiger partial charge in [0.05, 0.1) is 4.92 Å². The molecule has 0 heterocycles. The number of phenolic OH excluding ortho intramolecular Hbond substituents is 1. The first-order chi connectivity index (χ1) is 5.13. The molecule has 0 bridgehead atoms. The topological polar surface area (TPSA) is 89.4 Å². The molecule has 0 spiro atoms. The van der Waals surface area contributed by atoms with E-state index >= 15 is 0 Å². The zero-order chi connectivity index (χ0) is 8.43. The normalized spacial score (nSPS) is 8.67. The van der Waals surface area contributed by atoms with Crippen molar-refractivity contribution in [2.24, 2.45) is 0 Å². The number of aromatic hydroxyl groups is 1. The van der Waals surface area contributed by atoms with Crippen molar-refractivity contribution in [3.8, 4) is 5.75 Å². The zero-order valence-electron chi connectivity index (χ0n) is 5.52. The van der Waals surface area contributed by atoms with Gasteiger partial charge in [0.1, 0.15) is 5.75 Å². The third-order valence-corrected chi connectivity index (χ3v) is 1.26. The van der Waals surface area contributed by atoms with Gasteiger partial charge in [0, 0.05) is 6.07 Å². The van der Waals surface area contributed by atoms with Crippen molar-refractivity contribution in [3.63, 3.8) is 0 Å². The maximum atomic E-state index is 10.2. The summed E-state index contributed by atoms with van der Waals surface area (Å²) in [6.07, 6.45) is 0. The van der Waals surface area contributed by atoms with Gasteiger partial charge in [-0.3, -0.25) is 10.1 Å². The molecule has 5 nitrogen and oxygen atoms in total. The molecular weight excluding hydrogens is 155 g/mol. The van der Waals surface area contributed by atoms with E-state index < -0.39 is 4.92 Å². The Hall–Kier alpha value is -1.18. The van der Waals surface area contributed by atoms with Crippen molar-refractivity contribution >= 4 is 30.2 Å². The van der Waals surface area contributed by atoms with E-state index in [1.807, 2.05) is 0 Å². The molecule has 0 unspecified atom stereocenters. The van der Waals surface area contributed by atoms with Crippen LogP contribution in [0.15, 0.2) is 18.2 Å². The molecule has 0 saturated heterocycles. The van der Waals surface area contributed by atoms with Gasteiger partial charge in [-0.15, -0.1) is 0 Å². The molecule has 60 valence electrons. The van der Waals surface area contributed by atoms with Gasteiger partial charge in [-0.05, 0) is 6.07 Å². The fraction of sp³-hybridized carbons (Fsp3) is 0. The molecule has 0 atom stereocenters. The van der Waals surface area contributed by atoms with Crippen LogP contribution in [0.4, 0.5) is 11.4 Å². The minimum absolute atomic E-state index is 0. The number of nitrogens with two attached hydrogens (primary N) is 1. The fourth-order valence-electron chi connectivity index (χ4n) is 0.700. The van der Waals surface area contributed by atoms with Crippen LogP contribution in [0.2, 0.25) is 0 Å². The predicted octanol–water partition coefficient (Wildman–Crippen LogP) is 0.234. The van der Waals surface area contributed by atoms with E-state index in [0.717, 1.165) is 0 Å². The Morgan fingerprint density at radius 3 is 2.50 bits per heavy atom. The van der Waals surface area contributed by atoms with Gasteiger partial charge in [-0.25, -0.2) is 0 Å². The number of benzene rings is 1. The summed E-state index contributed by atoms with van der Waals surface area (Å²) in [5.41, 5.74) is 4.72. The Kier molecular flexibility index (Phi) is 3.60.